The van der Waals surface area contributed by atoms with Crippen LogP contribution in [0.2, 0.25) is 5.02 Å². The molecule has 0 atom stereocenters. The summed E-state index contributed by atoms with van der Waals surface area (Å²) in [6.07, 6.45) is 20.8. The Kier molecular flexibility index (Phi) is 13.7. The van der Waals surface area contributed by atoms with Gasteiger partial charge in [-0.2, -0.15) is 0 Å². The van der Waals surface area contributed by atoms with Gasteiger partial charge in [0.25, 0.3) is 0 Å². The van der Waals surface area contributed by atoms with Gasteiger partial charge in [0, 0.05) is 43.4 Å². The van der Waals surface area contributed by atoms with Crippen molar-refractivity contribution in [1.29, 1.82) is 0 Å². The zero-order chi connectivity index (χ0) is 26.1. The summed E-state index contributed by atoms with van der Waals surface area (Å²) in [4.78, 5) is 13.5. The van der Waals surface area contributed by atoms with E-state index in [4.69, 9.17) is 17.3 Å². The van der Waals surface area contributed by atoms with Gasteiger partial charge in [0.2, 0.25) is 0 Å². The van der Waals surface area contributed by atoms with Gasteiger partial charge >= 0.3 is 0 Å². The maximum atomic E-state index is 6.48. The molecule has 1 aliphatic heterocycles. The maximum absolute atomic E-state index is 6.48. The van der Waals surface area contributed by atoms with Crippen molar-refractivity contribution in [3.63, 3.8) is 0 Å². The molecule has 2 heterocycles. The van der Waals surface area contributed by atoms with Gasteiger partial charge in [0.05, 0.1) is 0 Å². The molecule has 0 bridgehead atoms. The number of anilines is 4. The van der Waals surface area contributed by atoms with Crippen molar-refractivity contribution >= 4 is 34.6 Å². The van der Waals surface area contributed by atoms with E-state index in [9.17, 15) is 0 Å². The molecule has 206 valence electrons. The Morgan fingerprint density at radius 3 is 1.95 bits per heavy atom. The van der Waals surface area contributed by atoms with E-state index in [2.05, 4.69) is 38.1 Å². The van der Waals surface area contributed by atoms with Crippen LogP contribution in [0.1, 0.15) is 96.8 Å². The Balaban J connectivity index is 1.25. The molecule has 0 saturated carbocycles. The smallest absolute Gasteiger partial charge is 0.157 e. The third-order valence-corrected chi connectivity index (χ3v) is 7.67. The molecule has 0 spiro atoms. The van der Waals surface area contributed by atoms with Crippen molar-refractivity contribution in [2.75, 3.05) is 53.6 Å². The Hall–Kier alpha value is -2.21. The standard InChI is InChI=1S/C30H49ClN6/c1-2-3-4-5-6-7-8-9-10-11-12-13-14-15-19-33-29-28(32)30(35-25-34-29)37-22-20-36(21-23-37)27-18-16-17-26(31)24-27/h16-18,24-25H,2-15,19-23,32H2,1H3,(H,33,34,35). The molecule has 0 amide bonds. The molecular formula is C30H49ClN6. The topological polar surface area (TPSA) is 70.3 Å². The molecule has 0 unspecified atom stereocenters. The van der Waals surface area contributed by atoms with Crippen LogP contribution in [-0.4, -0.2) is 42.7 Å². The van der Waals surface area contributed by atoms with Crippen LogP contribution in [-0.2, 0) is 0 Å². The third kappa shape index (κ3) is 10.6. The number of rotatable bonds is 18. The highest BCUT2D eigenvalue weighted by Gasteiger charge is 2.21. The van der Waals surface area contributed by atoms with Crippen LogP contribution >= 0.6 is 11.6 Å². The average molecular weight is 529 g/mol. The monoisotopic (exact) mass is 528 g/mol. The number of nitrogens with two attached hydrogens (primary N) is 1. The Labute approximate surface area is 230 Å². The summed E-state index contributed by atoms with van der Waals surface area (Å²) >= 11 is 6.17. The predicted octanol–water partition coefficient (Wildman–Crippen LogP) is 7.93. The van der Waals surface area contributed by atoms with Crippen molar-refractivity contribution in [2.24, 2.45) is 0 Å². The normalized spacial score (nSPS) is 13.8. The molecule has 37 heavy (non-hydrogen) atoms. The van der Waals surface area contributed by atoms with Gasteiger partial charge in [-0.05, 0) is 24.6 Å². The van der Waals surface area contributed by atoms with Crippen LogP contribution < -0.4 is 20.9 Å². The first-order valence-electron chi connectivity index (χ1n) is 14.8. The van der Waals surface area contributed by atoms with E-state index >= 15 is 0 Å². The number of hydrogen-bond acceptors (Lipinski definition) is 6. The van der Waals surface area contributed by atoms with Gasteiger partial charge in [0.1, 0.15) is 12.0 Å². The van der Waals surface area contributed by atoms with Crippen LogP contribution in [0, 0.1) is 0 Å². The Morgan fingerprint density at radius 1 is 0.784 bits per heavy atom. The number of benzene rings is 1. The number of nitrogens with zero attached hydrogens (tertiary/aromatic N) is 4. The lowest BCUT2D eigenvalue weighted by Gasteiger charge is -2.37. The van der Waals surface area contributed by atoms with Crippen molar-refractivity contribution in [2.45, 2.75) is 96.8 Å². The number of nitrogens with one attached hydrogen (secondary N) is 1. The largest absolute Gasteiger partial charge is 0.393 e. The summed E-state index contributed by atoms with van der Waals surface area (Å²) < 4.78 is 0. The fraction of sp³-hybridized carbons (Fsp3) is 0.667. The van der Waals surface area contributed by atoms with Crippen LogP contribution in [0.25, 0.3) is 0 Å². The Morgan fingerprint density at radius 2 is 1.35 bits per heavy atom. The molecule has 3 N–H and O–H groups in total. The average Bonchev–Trinajstić information content (AvgIpc) is 2.92. The van der Waals surface area contributed by atoms with E-state index in [1.54, 1.807) is 6.33 Å². The lowest BCUT2D eigenvalue weighted by atomic mass is 10.0. The first-order chi connectivity index (χ1) is 18.2. The number of aromatic nitrogens is 2. The Bertz CT molecular complexity index is 884. The first kappa shape index (κ1) is 29.3. The quantitative estimate of drug-likeness (QED) is 0.191. The number of piperazine rings is 1. The lowest BCUT2D eigenvalue weighted by molar-refractivity contribution is 0.537. The van der Waals surface area contributed by atoms with E-state index in [0.717, 1.165) is 55.8 Å². The summed E-state index contributed by atoms with van der Waals surface area (Å²) in [6, 6.07) is 8.05. The van der Waals surface area contributed by atoms with E-state index < -0.39 is 0 Å². The molecule has 7 heteroatoms. The summed E-state index contributed by atoms with van der Waals surface area (Å²) in [7, 11) is 0. The number of hydrogen-bond donors (Lipinski definition) is 2. The van der Waals surface area contributed by atoms with Crippen molar-refractivity contribution < 1.29 is 0 Å². The highest BCUT2D eigenvalue weighted by Crippen LogP contribution is 2.28. The van der Waals surface area contributed by atoms with Crippen LogP contribution in [0.4, 0.5) is 23.0 Å². The molecule has 0 radical (unpaired) electrons. The van der Waals surface area contributed by atoms with Gasteiger partial charge in [0.15, 0.2) is 11.6 Å². The second-order valence-corrected chi connectivity index (χ2v) is 10.9. The summed E-state index contributed by atoms with van der Waals surface area (Å²) in [5, 5.41) is 4.22. The van der Waals surface area contributed by atoms with E-state index in [1.807, 2.05) is 18.2 Å². The zero-order valence-electron chi connectivity index (χ0n) is 23.1. The number of halogens is 1. The fourth-order valence-electron chi connectivity index (χ4n) is 5.15. The maximum Gasteiger partial charge on any atom is 0.157 e. The second-order valence-electron chi connectivity index (χ2n) is 10.4. The molecule has 3 rings (SSSR count). The van der Waals surface area contributed by atoms with Crippen molar-refractivity contribution in [3.8, 4) is 0 Å². The minimum Gasteiger partial charge on any atom is -0.393 e. The summed E-state index contributed by atoms with van der Waals surface area (Å²) in [6.45, 7) is 6.74. The van der Waals surface area contributed by atoms with Gasteiger partial charge in [-0.1, -0.05) is 108 Å². The molecule has 1 fully saturated rings. The van der Waals surface area contributed by atoms with E-state index in [1.165, 1.54) is 89.2 Å². The van der Waals surface area contributed by atoms with Gasteiger partial charge in [-0.25, -0.2) is 9.97 Å². The molecule has 1 aliphatic rings. The third-order valence-electron chi connectivity index (χ3n) is 7.44. The minimum absolute atomic E-state index is 0.657. The fourth-order valence-corrected chi connectivity index (χ4v) is 5.34. The van der Waals surface area contributed by atoms with Gasteiger partial charge in [-0.15, -0.1) is 0 Å². The highest BCUT2D eigenvalue weighted by molar-refractivity contribution is 6.30. The molecule has 1 saturated heterocycles. The van der Waals surface area contributed by atoms with Gasteiger partial charge < -0.3 is 20.9 Å². The number of nitrogen functional groups attached to an aromatic ring is 1. The van der Waals surface area contributed by atoms with E-state index in [0.29, 0.717) is 5.69 Å². The molecule has 1 aromatic heterocycles. The molecule has 2 aromatic rings. The lowest BCUT2D eigenvalue weighted by Crippen LogP contribution is -2.47. The van der Waals surface area contributed by atoms with E-state index in [-0.39, 0.29) is 0 Å². The molecule has 6 nitrogen and oxygen atoms in total. The van der Waals surface area contributed by atoms with Crippen molar-refractivity contribution in [1.82, 2.24) is 9.97 Å². The highest BCUT2D eigenvalue weighted by atomic mass is 35.5. The van der Waals surface area contributed by atoms with Crippen LogP contribution in [0.5, 0.6) is 0 Å². The zero-order valence-corrected chi connectivity index (χ0v) is 23.8. The second kappa shape index (κ2) is 17.3. The van der Waals surface area contributed by atoms with Crippen LogP contribution in [0.15, 0.2) is 30.6 Å². The van der Waals surface area contributed by atoms with Gasteiger partial charge in [-0.3, -0.25) is 0 Å². The summed E-state index contributed by atoms with van der Waals surface area (Å²) in [5.41, 5.74) is 8.30. The molecule has 0 aliphatic carbocycles. The SMILES string of the molecule is CCCCCCCCCCCCCCCCNc1ncnc(N2CCN(c3cccc(Cl)c3)CC2)c1N. The summed E-state index contributed by atoms with van der Waals surface area (Å²) in [5.74, 6) is 1.60. The first-order valence-corrected chi connectivity index (χ1v) is 15.2. The molecular weight excluding hydrogens is 480 g/mol. The van der Waals surface area contributed by atoms with Crippen LogP contribution in [0.3, 0.4) is 0 Å². The van der Waals surface area contributed by atoms with Crippen molar-refractivity contribution in [3.05, 3.63) is 35.6 Å². The number of unbranched alkanes of at least 4 members (excludes halogenated alkanes) is 13. The predicted molar refractivity (Wildman–Crippen MR) is 161 cm³/mol. The minimum atomic E-state index is 0.657. The molecule has 1 aromatic carbocycles.